The molecule has 2 amide bonds. The lowest BCUT2D eigenvalue weighted by Gasteiger charge is -2.27. The highest BCUT2D eigenvalue weighted by Crippen LogP contribution is 2.18. The second-order valence-electron chi connectivity index (χ2n) is 7.08. The number of aryl methyl sites for hydroxylation is 1. The van der Waals surface area contributed by atoms with E-state index in [1.807, 2.05) is 12.1 Å². The van der Waals surface area contributed by atoms with E-state index in [1.165, 1.54) is 4.90 Å². The Morgan fingerprint density at radius 1 is 1.32 bits per heavy atom. The van der Waals surface area contributed by atoms with Crippen molar-refractivity contribution >= 4 is 23.6 Å². The SMILES string of the molecule is CCOC(=O)CC(C)N(C(=O)CCCc1cccc(N)n1)C(=O)CNC1CC1. The van der Waals surface area contributed by atoms with Crippen LogP contribution in [0.1, 0.15) is 51.6 Å². The Kier molecular flexibility index (Phi) is 8.38. The number of hydrogen-bond donors (Lipinski definition) is 2. The summed E-state index contributed by atoms with van der Waals surface area (Å²) in [7, 11) is 0. The maximum Gasteiger partial charge on any atom is 0.307 e. The standard InChI is InChI=1S/C20H30N4O4/c1-3-28-20(27)12-14(2)24(19(26)13-22-15-10-11-15)18(25)9-5-7-16-6-4-8-17(21)23-16/h4,6,8,14-15,22H,3,5,7,9-13H2,1-2H3,(H2,21,23). The van der Waals surface area contributed by atoms with Gasteiger partial charge in [0.1, 0.15) is 5.82 Å². The van der Waals surface area contributed by atoms with Crippen molar-refractivity contribution in [2.45, 2.75) is 64.5 Å². The molecule has 1 aliphatic rings. The molecular formula is C20H30N4O4. The van der Waals surface area contributed by atoms with E-state index in [-0.39, 0.29) is 37.8 Å². The highest BCUT2D eigenvalue weighted by molar-refractivity contribution is 5.97. The third-order valence-electron chi connectivity index (χ3n) is 4.52. The number of carbonyl (C=O) groups is 3. The van der Waals surface area contributed by atoms with Crippen LogP contribution in [0.25, 0.3) is 0 Å². The predicted octanol–water partition coefficient (Wildman–Crippen LogP) is 1.44. The smallest absolute Gasteiger partial charge is 0.307 e. The van der Waals surface area contributed by atoms with Crippen LogP contribution >= 0.6 is 0 Å². The van der Waals surface area contributed by atoms with Crippen LogP contribution in [-0.2, 0) is 25.5 Å². The Morgan fingerprint density at radius 2 is 2.07 bits per heavy atom. The lowest BCUT2D eigenvalue weighted by molar-refractivity contribution is -0.150. The van der Waals surface area contributed by atoms with Crippen molar-refractivity contribution in [3.05, 3.63) is 23.9 Å². The van der Waals surface area contributed by atoms with Crippen LogP contribution in [0.5, 0.6) is 0 Å². The van der Waals surface area contributed by atoms with Gasteiger partial charge in [-0.3, -0.25) is 19.3 Å². The Bertz CT molecular complexity index is 691. The van der Waals surface area contributed by atoms with Crippen LogP contribution in [0.2, 0.25) is 0 Å². The van der Waals surface area contributed by atoms with E-state index in [0.717, 1.165) is 18.5 Å². The number of amides is 2. The summed E-state index contributed by atoms with van der Waals surface area (Å²) in [6.45, 7) is 3.79. The number of pyridine rings is 1. The number of aromatic nitrogens is 1. The number of imide groups is 1. The summed E-state index contributed by atoms with van der Waals surface area (Å²) in [4.78, 5) is 42.6. The summed E-state index contributed by atoms with van der Waals surface area (Å²) in [5, 5.41) is 3.13. The van der Waals surface area contributed by atoms with Gasteiger partial charge in [0.25, 0.3) is 0 Å². The maximum atomic E-state index is 12.8. The molecule has 0 spiro atoms. The first-order valence-electron chi connectivity index (χ1n) is 9.86. The lowest BCUT2D eigenvalue weighted by atomic mass is 10.1. The number of anilines is 1. The second-order valence-corrected chi connectivity index (χ2v) is 7.08. The summed E-state index contributed by atoms with van der Waals surface area (Å²) in [6, 6.07) is 5.19. The fraction of sp³-hybridized carbons (Fsp3) is 0.600. The molecule has 3 N–H and O–H groups in total. The highest BCUT2D eigenvalue weighted by Gasteiger charge is 2.30. The van der Waals surface area contributed by atoms with Gasteiger partial charge >= 0.3 is 5.97 Å². The Labute approximate surface area is 165 Å². The van der Waals surface area contributed by atoms with E-state index in [0.29, 0.717) is 24.7 Å². The number of nitrogen functional groups attached to an aromatic ring is 1. The van der Waals surface area contributed by atoms with Crippen molar-refractivity contribution in [2.75, 3.05) is 18.9 Å². The molecule has 8 heteroatoms. The topological polar surface area (TPSA) is 115 Å². The van der Waals surface area contributed by atoms with Crippen LogP contribution in [0.3, 0.4) is 0 Å². The maximum absolute atomic E-state index is 12.8. The first kappa shape index (κ1) is 21.8. The van der Waals surface area contributed by atoms with E-state index in [4.69, 9.17) is 10.5 Å². The molecule has 1 atom stereocenters. The molecule has 0 aromatic carbocycles. The molecule has 0 bridgehead atoms. The molecule has 154 valence electrons. The first-order valence-corrected chi connectivity index (χ1v) is 9.86. The minimum Gasteiger partial charge on any atom is -0.466 e. The lowest BCUT2D eigenvalue weighted by Crippen LogP contribution is -2.48. The van der Waals surface area contributed by atoms with Gasteiger partial charge in [0.15, 0.2) is 0 Å². The van der Waals surface area contributed by atoms with Crippen molar-refractivity contribution in [1.29, 1.82) is 0 Å². The normalized spacial score (nSPS) is 14.4. The third kappa shape index (κ3) is 7.26. The number of nitrogens with zero attached hydrogens (tertiary/aromatic N) is 2. The molecule has 1 aromatic rings. The van der Waals surface area contributed by atoms with Crippen LogP contribution in [0.4, 0.5) is 5.82 Å². The number of esters is 1. The van der Waals surface area contributed by atoms with E-state index >= 15 is 0 Å². The fourth-order valence-corrected chi connectivity index (χ4v) is 2.97. The molecule has 28 heavy (non-hydrogen) atoms. The average Bonchev–Trinajstić information content (AvgIpc) is 3.45. The molecule has 1 heterocycles. The summed E-state index contributed by atoms with van der Waals surface area (Å²) < 4.78 is 4.96. The number of nitrogens with two attached hydrogens (primary N) is 1. The minimum atomic E-state index is -0.550. The molecule has 1 fully saturated rings. The molecule has 1 aliphatic carbocycles. The van der Waals surface area contributed by atoms with Gasteiger partial charge in [0.05, 0.1) is 19.6 Å². The van der Waals surface area contributed by atoms with Gasteiger partial charge in [-0.05, 0) is 51.7 Å². The Hall–Kier alpha value is -2.48. The molecule has 1 saturated carbocycles. The number of hydrogen-bond acceptors (Lipinski definition) is 7. The van der Waals surface area contributed by atoms with Crippen molar-refractivity contribution in [1.82, 2.24) is 15.2 Å². The summed E-state index contributed by atoms with van der Waals surface area (Å²) >= 11 is 0. The Balaban J connectivity index is 1.93. The third-order valence-corrected chi connectivity index (χ3v) is 4.52. The summed E-state index contributed by atoms with van der Waals surface area (Å²) in [6.07, 6.45) is 3.41. The summed E-state index contributed by atoms with van der Waals surface area (Å²) in [5.74, 6) is -0.575. The molecule has 0 radical (unpaired) electrons. The average molecular weight is 390 g/mol. The van der Waals surface area contributed by atoms with Crippen molar-refractivity contribution in [2.24, 2.45) is 0 Å². The zero-order valence-corrected chi connectivity index (χ0v) is 16.6. The van der Waals surface area contributed by atoms with Crippen LogP contribution in [-0.4, -0.2) is 52.9 Å². The molecule has 8 nitrogen and oxygen atoms in total. The molecule has 0 saturated heterocycles. The van der Waals surface area contributed by atoms with E-state index in [2.05, 4.69) is 10.3 Å². The van der Waals surface area contributed by atoms with Crippen molar-refractivity contribution in [3.8, 4) is 0 Å². The van der Waals surface area contributed by atoms with Crippen molar-refractivity contribution in [3.63, 3.8) is 0 Å². The molecule has 1 unspecified atom stereocenters. The quantitative estimate of drug-likeness (QED) is 0.549. The zero-order chi connectivity index (χ0) is 20.5. The Morgan fingerprint density at radius 3 is 2.71 bits per heavy atom. The number of carbonyl (C=O) groups excluding carboxylic acids is 3. The molecule has 0 aliphatic heterocycles. The molecular weight excluding hydrogens is 360 g/mol. The number of ether oxygens (including phenoxy) is 1. The van der Waals surface area contributed by atoms with E-state index < -0.39 is 12.0 Å². The second kappa shape index (κ2) is 10.8. The predicted molar refractivity (Wildman–Crippen MR) is 105 cm³/mol. The summed E-state index contributed by atoms with van der Waals surface area (Å²) in [5.41, 5.74) is 6.48. The van der Waals surface area contributed by atoms with Gasteiger partial charge in [0.2, 0.25) is 11.8 Å². The van der Waals surface area contributed by atoms with Crippen LogP contribution in [0, 0.1) is 0 Å². The van der Waals surface area contributed by atoms with E-state index in [1.54, 1.807) is 19.9 Å². The van der Waals surface area contributed by atoms with Gasteiger partial charge < -0.3 is 15.8 Å². The largest absolute Gasteiger partial charge is 0.466 e. The monoisotopic (exact) mass is 390 g/mol. The van der Waals surface area contributed by atoms with Crippen LogP contribution < -0.4 is 11.1 Å². The van der Waals surface area contributed by atoms with Gasteiger partial charge in [0, 0.05) is 24.2 Å². The number of rotatable bonds is 11. The number of nitrogens with one attached hydrogen (secondary N) is 1. The zero-order valence-electron chi connectivity index (χ0n) is 16.6. The van der Waals surface area contributed by atoms with Gasteiger partial charge in [-0.25, -0.2) is 4.98 Å². The van der Waals surface area contributed by atoms with Crippen molar-refractivity contribution < 1.29 is 19.1 Å². The highest BCUT2D eigenvalue weighted by atomic mass is 16.5. The fourth-order valence-electron chi connectivity index (χ4n) is 2.97. The minimum absolute atomic E-state index is 0.00841. The first-order chi connectivity index (χ1) is 13.4. The van der Waals surface area contributed by atoms with Gasteiger partial charge in [-0.2, -0.15) is 0 Å². The van der Waals surface area contributed by atoms with E-state index in [9.17, 15) is 14.4 Å². The van der Waals surface area contributed by atoms with Crippen LogP contribution in [0.15, 0.2) is 18.2 Å². The van der Waals surface area contributed by atoms with Gasteiger partial charge in [-0.15, -0.1) is 0 Å². The van der Waals surface area contributed by atoms with Gasteiger partial charge in [-0.1, -0.05) is 6.07 Å². The molecule has 2 rings (SSSR count). The molecule has 1 aromatic heterocycles.